The minimum absolute atomic E-state index is 0.106. The summed E-state index contributed by atoms with van der Waals surface area (Å²) in [7, 11) is 0. The van der Waals surface area contributed by atoms with E-state index in [1.165, 1.54) is 0 Å². The Morgan fingerprint density at radius 1 is 0.933 bits per heavy atom. The molecule has 0 spiro atoms. The molecule has 3 aromatic carbocycles. The summed E-state index contributed by atoms with van der Waals surface area (Å²) in [6.45, 7) is 3.93. The number of pyridine rings is 1. The number of aryl methyl sites for hydroxylation is 1. The molecule has 0 bridgehead atoms. The van der Waals surface area contributed by atoms with Crippen molar-refractivity contribution in [1.29, 1.82) is 0 Å². The summed E-state index contributed by atoms with van der Waals surface area (Å²) in [5.74, 6) is -0.618. The first-order valence-corrected chi connectivity index (χ1v) is 14.8. The van der Waals surface area contributed by atoms with Gasteiger partial charge in [-0.1, -0.05) is 30.3 Å². The van der Waals surface area contributed by atoms with Crippen molar-refractivity contribution in [2.24, 2.45) is 0 Å². The van der Waals surface area contributed by atoms with Crippen LogP contribution >= 0.6 is 12.2 Å². The minimum atomic E-state index is -0.977. The first-order chi connectivity index (χ1) is 21.8. The van der Waals surface area contributed by atoms with Gasteiger partial charge in [-0.3, -0.25) is 9.78 Å². The molecule has 9 nitrogen and oxygen atoms in total. The molecule has 0 radical (unpaired) electrons. The Morgan fingerprint density at radius 3 is 2.40 bits per heavy atom. The van der Waals surface area contributed by atoms with Crippen LogP contribution in [-0.4, -0.2) is 38.3 Å². The Labute approximate surface area is 266 Å². The summed E-state index contributed by atoms with van der Waals surface area (Å²) in [6.07, 6.45) is 1.76. The van der Waals surface area contributed by atoms with Crippen LogP contribution in [0.15, 0.2) is 109 Å². The van der Waals surface area contributed by atoms with Crippen molar-refractivity contribution in [1.82, 2.24) is 14.9 Å². The lowest BCUT2D eigenvalue weighted by Crippen LogP contribution is -2.29. The van der Waals surface area contributed by atoms with Crippen LogP contribution in [0.1, 0.15) is 45.1 Å². The van der Waals surface area contributed by atoms with Gasteiger partial charge in [0.1, 0.15) is 5.75 Å². The monoisotopic (exact) mass is 617 g/mol. The standard InChI is InChI=1S/C35H31N5O4S/c1-22-19-29(23(2)39(22)27-10-8-9-24(20-27)34(42)43)33-32(30-13-6-7-18-36-30)38-35(45)40(33)26-16-14-25(15-17-26)37-31(41)21-44-28-11-4-3-5-12-28/h3-20,32-33H,21H2,1-2H3,(H,37,41)(H,38,45)(H,42,43). The molecule has 2 aromatic heterocycles. The Kier molecular flexibility index (Phi) is 8.30. The largest absolute Gasteiger partial charge is 0.484 e. The van der Waals surface area contributed by atoms with E-state index in [2.05, 4.69) is 31.2 Å². The molecule has 2 atom stereocenters. The van der Waals surface area contributed by atoms with Gasteiger partial charge in [0, 0.05) is 34.6 Å². The van der Waals surface area contributed by atoms with Crippen LogP contribution in [0.4, 0.5) is 11.4 Å². The van der Waals surface area contributed by atoms with Crippen LogP contribution in [0, 0.1) is 13.8 Å². The number of thiocarbonyl (C=S) groups is 1. The second kappa shape index (κ2) is 12.6. The molecule has 3 N–H and O–H groups in total. The van der Waals surface area contributed by atoms with Crippen molar-refractivity contribution >= 4 is 40.6 Å². The highest BCUT2D eigenvalue weighted by atomic mass is 32.1. The Morgan fingerprint density at radius 2 is 1.69 bits per heavy atom. The van der Waals surface area contributed by atoms with E-state index < -0.39 is 5.97 Å². The SMILES string of the molecule is Cc1cc(C2C(c3ccccn3)NC(=S)N2c2ccc(NC(=O)COc3ccccc3)cc2)c(C)n1-c1cccc(C(=O)O)c1. The van der Waals surface area contributed by atoms with Crippen LogP contribution in [0.3, 0.4) is 0 Å². The molecule has 5 aromatic rings. The maximum atomic E-state index is 12.5. The molecule has 226 valence electrons. The molecule has 0 saturated carbocycles. The van der Waals surface area contributed by atoms with E-state index in [1.807, 2.05) is 80.6 Å². The van der Waals surface area contributed by atoms with Gasteiger partial charge in [0.05, 0.1) is 23.3 Å². The summed E-state index contributed by atoms with van der Waals surface area (Å²) < 4.78 is 7.63. The van der Waals surface area contributed by atoms with Crippen molar-refractivity contribution in [2.45, 2.75) is 25.9 Å². The number of nitrogens with one attached hydrogen (secondary N) is 2. The van der Waals surface area contributed by atoms with Crippen molar-refractivity contribution in [3.63, 3.8) is 0 Å². The number of hydrogen-bond acceptors (Lipinski definition) is 5. The third-order valence-corrected chi connectivity index (χ3v) is 8.10. The predicted octanol–water partition coefficient (Wildman–Crippen LogP) is 6.38. The molecule has 2 unspecified atom stereocenters. The lowest BCUT2D eigenvalue weighted by molar-refractivity contribution is -0.118. The van der Waals surface area contributed by atoms with Gasteiger partial charge in [0.15, 0.2) is 11.7 Å². The topological polar surface area (TPSA) is 109 Å². The lowest BCUT2D eigenvalue weighted by Gasteiger charge is -2.28. The zero-order chi connectivity index (χ0) is 31.5. The zero-order valence-electron chi connectivity index (χ0n) is 24.7. The number of hydrogen-bond donors (Lipinski definition) is 3. The Balaban J connectivity index is 1.32. The molecule has 6 rings (SSSR count). The maximum Gasteiger partial charge on any atom is 0.335 e. The van der Waals surface area contributed by atoms with Gasteiger partial charge in [0.25, 0.3) is 5.91 Å². The number of aromatic nitrogens is 2. The number of carbonyl (C=O) groups excluding carboxylic acids is 1. The molecule has 45 heavy (non-hydrogen) atoms. The molecule has 1 fully saturated rings. The zero-order valence-corrected chi connectivity index (χ0v) is 25.5. The number of anilines is 2. The molecule has 1 amide bonds. The number of benzene rings is 3. The highest BCUT2D eigenvalue weighted by molar-refractivity contribution is 7.80. The van der Waals surface area contributed by atoms with E-state index in [0.717, 1.165) is 34.0 Å². The summed E-state index contributed by atoms with van der Waals surface area (Å²) >= 11 is 5.91. The molecule has 1 aliphatic rings. The molecular weight excluding hydrogens is 586 g/mol. The van der Waals surface area contributed by atoms with E-state index in [0.29, 0.717) is 16.5 Å². The van der Waals surface area contributed by atoms with Crippen LogP contribution in [0.5, 0.6) is 5.75 Å². The van der Waals surface area contributed by atoms with Crippen molar-refractivity contribution in [2.75, 3.05) is 16.8 Å². The lowest BCUT2D eigenvalue weighted by atomic mass is 9.96. The molecule has 3 heterocycles. The fourth-order valence-electron chi connectivity index (χ4n) is 5.78. The van der Waals surface area contributed by atoms with Gasteiger partial charge in [-0.25, -0.2) is 4.79 Å². The van der Waals surface area contributed by atoms with Crippen LogP contribution in [0.2, 0.25) is 0 Å². The van der Waals surface area contributed by atoms with E-state index in [1.54, 1.807) is 36.5 Å². The number of ether oxygens (including phenoxy) is 1. The van der Waals surface area contributed by atoms with Crippen LogP contribution in [0.25, 0.3) is 5.69 Å². The summed E-state index contributed by atoms with van der Waals surface area (Å²) in [5.41, 5.74) is 6.23. The number of nitrogens with zero attached hydrogens (tertiary/aromatic N) is 3. The Bertz CT molecular complexity index is 1860. The van der Waals surface area contributed by atoms with Crippen LogP contribution in [-0.2, 0) is 4.79 Å². The van der Waals surface area contributed by atoms with Gasteiger partial charge >= 0.3 is 5.97 Å². The quantitative estimate of drug-likeness (QED) is 0.164. The van der Waals surface area contributed by atoms with Crippen molar-refractivity contribution in [3.8, 4) is 11.4 Å². The van der Waals surface area contributed by atoms with E-state index in [-0.39, 0.29) is 30.2 Å². The van der Waals surface area contributed by atoms with Gasteiger partial charge in [-0.2, -0.15) is 0 Å². The normalized spacial score (nSPS) is 15.9. The molecule has 1 aliphatic heterocycles. The number of carboxylic acid groups (broad SMARTS) is 1. The number of para-hydroxylation sites is 1. The first kappa shape index (κ1) is 29.6. The second-order valence-electron chi connectivity index (χ2n) is 10.7. The van der Waals surface area contributed by atoms with Crippen molar-refractivity contribution < 1.29 is 19.4 Å². The molecular formula is C35H31N5O4S. The number of carboxylic acids is 1. The summed E-state index contributed by atoms with van der Waals surface area (Å²) in [4.78, 5) is 31.0. The first-order valence-electron chi connectivity index (χ1n) is 14.4. The van der Waals surface area contributed by atoms with Gasteiger partial charge in [-0.05, 0) is 104 Å². The minimum Gasteiger partial charge on any atom is -0.484 e. The fraction of sp³-hybridized carbons (Fsp3) is 0.143. The smallest absolute Gasteiger partial charge is 0.335 e. The third-order valence-electron chi connectivity index (χ3n) is 7.78. The number of aromatic carboxylic acids is 1. The molecule has 0 aliphatic carbocycles. The highest BCUT2D eigenvalue weighted by Gasteiger charge is 2.42. The average Bonchev–Trinajstić information content (AvgIpc) is 3.55. The fourth-order valence-corrected chi connectivity index (χ4v) is 6.13. The van der Waals surface area contributed by atoms with Gasteiger partial charge in [-0.15, -0.1) is 0 Å². The van der Waals surface area contributed by atoms with Gasteiger partial charge < -0.3 is 29.9 Å². The van der Waals surface area contributed by atoms with Crippen LogP contribution < -0.4 is 20.3 Å². The summed E-state index contributed by atoms with van der Waals surface area (Å²) in [6, 6.07) is 31.0. The van der Waals surface area contributed by atoms with Gasteiger partial charge in [0.2, 0.25) is 0 Å². The molecule has 10 heteroatoms. The second-order valence-corrected chi connectivity index (χ2v) is 11.1. The number of amides is 1. The Hall–Kier alpha value is -5.48. The maximum absolute atomic E-state index is 12.5. The van der Waals surface area contributed by atoms with E-state index >= 15 is 0 Å². The average molecular weight is 618 g/mol. The van der Waals surface area contributed by atoms with E-state index in [4.69, 9.17) is 17.0 Å². The van der Waals surface area contributed by atoms with E-state index in [9.17, 15) is 14.7 Å². The molecule has 1 saturated heterocycles. The third kappa shape index (κ3) is 6.13. The van der Waals surface area contributed by atoms with Crippen molar-refractivity contribution in [3.05, 3.63) is 138 Å². The highest BCUT2D eigenvalue weighted by Crippen LogP contribution is 2.44. The number of carbonyl (C=O) groups is 2. The number of rotatable bonds is 9. The predicted molar refractivity (Wildman–Crippen MR) is 177 cm³/mol. The summed E-state index contributed by atoms with van der Waals surface area (Å²) in [5, 5.41) is 16.5.